The van der Waals surface area contributed by atoms with Crippen molar-refractivity contribution in [3.63, 3.8) is 0 Å². The van der Waals surface area contributed by atoms with Crippen molar-refractivity contribution in [2.24, 2.45) is 0 Å². The molecule has 1 amide bonds. The van der Waals surface area contributed by atoms with Crippen molar-refractivity contribution < 1.29 is 9.53 Å². The zero-order valence-electron chi connectivity index (χ0n) is 25.6. The predicted molar refractivity (Wildman–Crippen MR) is 171 cm³/mol. The molecule has 0 aliphatic rings. The first-order valence-corrected chi connectivity index (χ1v) is 13.7. The number of carbonyl (C=O) groups is 1. The minimum atomic E-state index is -0.335. The number of methoxy groups -OCH3 is 1. The van der Waals surface area contributed by atoms with Crippen molar-refractivity contribution in [3.8, 4) is 11.4 Å². The third kappa shape index (κ3) is 6.28. The van der Waals surface area contributed by atoms with Crippen LogP contribution in [0, 0.1) is 27.7 Å². The number of rotatable bonds is 10. The Labute approximate surface area is 246 Å². The number of carbonyl (C=O) groups excluding carboxylic acids is 1. The van der Waals surface area contributed by atoms with Crippen molar-refractivity contribution in [1.29, 1.82) is 0 Å². The lowest BCUT2D eigenvalue weighted by Gasteiger charge is -2.26. The van der Waals surface area contributed by atoms with Crippen LogP contribution in [0.3, 0.4) is 0 Å². The number of aromatic nitrogens is 3. The Kier molecular flexibility index (Phi) is 8.96. The van der Waals surface area contributed by atoms with Crippen molar-refractivity contribution in [1.82, 2.24) is 19.4 Å². The highest BCUT2D eigenvalue weighted by Crippen LogP contribution is 2.38. The third-order valence-electron chi connectivity index (χ3n) is 7.44. The van der Waals surface area contributed by atoms with Crippen LogP contribution in [0.1, 0.15) is 22.3 Å². The van der Waals surface area contributed by atoms with Crippen LogP contribution < -0.4 is 25.8 Å². The van der Waals surface area contributed by atoms with Crippen LogP contribution >= 0.6 is 0 Å². The largest absolute Gasteiger partial charge is 0.494 e. The van der Waals surface area contributed by atoms with E-state index in [4.69, 9.17) is 9.72 Å². The van der Waals surface area contributed by atoms with Gasteiger partial charge in [-0.25, -0.2) is 4.98 Å². The van der Waals surface area contributed by atoms with E-state index < -0.39 is 0 Å². The molecule has 0 aliphatic heterocycles. The number of pyridine rings is 1. The van der Waals surface area contributed by atoms with Gasteiger partial charge in [-0.2, -0.15) is 4.98 Å². The molecule has 2 aromatic carbocycles. The maximum Gasteiger partial charge on any atom is 0.257 e. The number of aryl methyl sites for hydroxylation is 3. The van der Waals surface area contributed by atoms with Gasteiger partial charge in [0.1, 0.15) is 5.75 Å². The van der Waals surface area contributed by atoms with E-state index in [9.17, 15) is 9.59 Å². The number of hydrogen-bond donors (Lipinski definition) is 2. The van der Waals surface area contributed by atoms with Crippen LogP contribution in [0.5, 0.6) is 5.75 Å². The minimum absolute atomic E-state index is 0.176. The van der Waals surface area contributed by atoms with Crippen LogP contribution in [0.4, 0.5) is 23.0 Å². The van der Waals surface area contributed by atoms with Gasteiger partial charge in [0.25, 0.3) is 5.56 Å². The maximum atomic E-state index is 13.3. The zero-order valence-corrected chi connectivity index (χ0v) is 25.6. The smallest absolute Gasteiger partial charge is 0.257 e. The summed E-state index contributed by atoms with van der Waals surface area (Å²) in [5, 5.41) is 6.91. The fraction of sp³-hybridized carbons (Fsp3) is 0.312. The molecule has 4 rings (SSSR count). The molecular weight excluding hydrogens is 530 g/mol. The SMILES string of the molecule is C=CC(=O)Nc1cc(Nc2ncc3c(C)cc(=O)n(-c4cc(C)c(C)c(C)c4)c3n2)c(OC)cc1N(C)CCN(C)C. The van der Waals surface area contributed by atoms with E-state index in [-0.39, 0.29) is 17.4 Å². The quantitative estimate of drug-likeness (QED) is 0.260. The number of hydrogen-bond acceptors (Lipinski definition) is 8. The molecule has 10 nitrogen and oxygen atoms in total. The number of ether oxygens (including phenoxy) is 1. The number of amides is 1. The van der Waals surface area contributed by atoms with Crippen LogP contribution in [0.2, 0.25) is 0 Å². The molecule has 0 atom stereocenters. The number of nitrogens with zero attached hydrogens (tertiary/aromatic N) is 5. The van der Waals surface area contributed by atoms with Crippen LogP contribution in [-0.2, 0) is 4.79 Å². The number of anilines is 4. The molecule has 2 aromatic heterocycles. The Morgan fingerprint density at radius 2 is 1.69 bits per heavy atom. The number of fused-ring (bicyclic) bond motifs is 1. The monoisotopic (exact) mass is 569 g/mol. The number of nitrogens with one attached hydrogen (secondary N) is 2. The second-order valence-electron chi connectivity index (χ2n) is 10.7. The van der Waals surface area contributed by atoms with Gasteiger partial charge >= 0.3 is 0 Å². The standard InChI is InChI=1S/C32H39N7O3/c1-10-29(40)34-25-16-26(28(42-9)17-27(25)38(8)12-11-37(6)7)35-32-33-18-24-21(4)15-30(41)39(31(24)36-32)23-13-19(2)22(5)20(3)14-23/h10,13-18H,1,11-12H2,2-9H3,(H,34,40)(H,33,35,36). The summed E-state index contributed by atoms with van der Waals surface area (Å²) in [4.78, 5) is 39.1. The summed E-state index contributed by atoms with van der Waals surface area (Å²) in [6.45, 7) is 13.1. The molecule has 0 saturated heterocycles. The second kappa shape index (κ2) is 12.4. The van der Waals surface area contributed by atoms with E-state index in [1.165, 1.54) is 11.6 Å². The van der Waals surface area contributed by atoms with Gasteiger partial charge in [-0.05, 0) is 88.3 Å². The van der Waals surface area contributed by atoms with E-state index >= 15 is 0 Å². The number of likely N-dealkylation sites (N-methyl/N-ethyl adjacent to an activating group) is 2. The van der Waals surface area contributed by atoms with Crippen LogP contribution in [-0.4, -0.2) is 66.7 Å². The Bertz CT molecular complexity index is 1700. The average Bonchev–Trinajstić information content (AvgIpc) is 2.94. The van der Waals surface area contributed by atoms with E-state index in [1.807, 2.05) is 65.0 Å². The summed E-state index contributed by atoms with van der Waals surface area (Å²) in [5.41, 5.74) is 7.10. The summed E-state index contributed by atoms with van der Waals surface area (Å²) in [6, 6.07) is 9.24. The van der Waals surface area contributed by atoms with Crippen LogP contribution in [0.15, 0.2) is 54.0 Å². The zero-order chi connectivity index (χ0) is 30.7. The summed E-state index contributed by atoms with van der Waals surface area (Å²) < 4.78 is 7.35. The second-order valence-corrected chi connectivity index (χ2v) is 10.7. The summed E-state index contributed by atoms with van der Waals surface area (Å²) in [6.07, 6.45) is 2.93. The first-order valence-electron chi connectivity index (χ1n) is 13.7. The molecule has 2 N–H and O–H groups in total. The molecular formula is C32H39N7O3. The van der Waals surface area contributed by atoms with Gasteiger partial charge in [-0.1, -0.05) is 6.58 Å². The van der Waals surface area contributed by atoms with Crippen molar-refractivity contribution in [3.05, 3.63) is 81.8 Å². The predicted octanol–water partition coefficient (Wildman–Crippen LogP) is 4.89. The van der Waals surface area contributed by atoms with Crippen molar-refractivity contribution in [2.45, 2.75) is 27.7 Å². The van der Waals surface area contributed by atoms with Gasteiger partial charge in [0, 0.05) is 43.9 Å². The summed E-state index contributed by atoms with van der Waals surface area (Å²) in [5.74, 6) is 0.474. The molecule has 0 spiro atoms. The Morgan fingerprint density at radius 1 is 1.00 bits per heavy atom. The average molecular weight is 570 g/mol. The fourth-order valence-corrected chi connectivity index (χ4v) is 4.73. The van der Waals surface area contributed by atoms with Crippen LogP contribution in [0.25, 0.3) is 16.7 Å². The van der Waals surface area contributed by atoms with E-state index in [2.05, 4.69) is 34.0 Å². The first-order chi connectivity index (χ1) is 19.9. The van der Waals surface area contributed by atoms with Gasteiger partial charge in [0.15, 0.2) is 5.65 Å². The Balaban J connectivity index is 1.84. The molecule has 220 valence electrons. The van der Waals surface area contributed by atoms with Gasteiger partial charge < -0.3 is 25.2 Å². The molecule has 42 heavy (non-hydrogen) atoms. The maximum absolute atomic E-state index is 13.3. The highest BCUT2D eigenvalue weighted by atomic mass is 16.5. The highest BCUT2D eigenvalue weighted by molar-refractivity contribution is 6.02. The summed E-state index contributed by atoms with van der Waals surface area (Å²) in [7, 11) is 7.55. The fourth-order valence-electron chi connectivity index (χ4n) is 4.73. The molecule has 0 saturated carbocycles. The number of benzene rings is 2. The Morgan fingerprint density at radius 3 is 2.31 bits per heavy atom. The molecule has 10 heteroatoms. The Hall–Kier alpha value is -4.70. The lowest BCUT2D eigenvalue weighted by Crippen LogP contribution is -2.29. The molecule has 0 aliphatic carbocycles. The lowest BCUT2D eigenvalue weighted by atomic mass is 10.0. The normalized spacial score (nSPS) is 11.1. The molecule has 4 aromatic rings. The molecule has 2 heterocycles. The topological polar surface area (TPSA) is 105 Å². The minimum Gasteiger partial charge on any atom is -0.494 e. The van der Waals surface area contributed by atoms with Gasteiger partial charge in [0.2, 0.25) is 11.9 Å². The van der Waals surface area contributed by atoms with Crippen molar-refractivity contribution in [2.75, 3.05) is 56.9 Å². The lowest BCUT2D eigenvalue weighted by molar-refractivity contribution is -0.111. The van der Waals surface area contributed by atoms with Crippen molar-refractivity contribution >= 4 is 40.0 Å². The summed E-state index contributed by atoms with van der Waals surface area (Å²) >= 11 is 0. The third-order valence-corrected chi connectivity index (χ3v) is 7.44. The van der Waals surface area contributed by atoms with E-state index in [1.54, 1.807) is 30.0 Å². The molecule has 0 fully saturated rings. The van der Waals surface area contributed by atoms with E-state index in [0.717, 1.165) is 46.5 Å². The first kappa shape index (κ1) is 30.3. The van der Waals surface area contributed by atoms with Gasteiger partial charge in [-0.15, -0.1) is 0 Å². The van der Waals surface area contributed by atoms with E-state index in [0.29, 0.717) is 22.8 Å². The van der Waals surface area contributed by atoms with Gasteiger partial charge in [0.05, 0.1) is 29.9 Å². The molecule has 0 unspecified atom stereocenters. The van der Waals surface area contributed by atoms with Gasteiger partial charge in [-0.3, -0.25) is 14.2 Å². The molecule has 0 bridgehead atoms. The highest BCUT2D eigenvalue weighted by Gasteiger charge is 2.18. The molecule has 0 radical (unpaired) electrons.